The SMILES string of the molecule is COCCCCNC(C)c1c(O)cccc1O. The fourth-order valence-electron chi connectivity index (χ4n) is 1.78. The molecule has 0 spiro atoms. The number of rotatable bonds is 7. The van der Waals surface area contributed by atoms with E-state index in [1.54, 1.807) is 25.3 Å². The van der Waals surface area contributed by atoms with Gasteiger partial charge in [-0.15, -0.1) is 0 Å². The van der Waals surface area contributed by atoms with Crippen molar-refractivity contribution in [2.75, 3.05) is 20.3 Å². The summed E-state index contributed by atoms with van der Waals surface area (Å²) < 4.78 is 4.96. The van der Waals surface area contributed by atoms with Crippen molar-refractivity contribution in [3.8, 4) is 11.5 Å². The number of hydrogen-bond donors (Lipinski definition) is 3. The van der Waals surface area contributed by atoms with Crippen LogP contribution in [0.15, 0.2) is 18.2 Å². The molecule has 0 aliphatic carbocycles. The zero-order valence-electron chi connectivity index (χ0n) is 10.4. The van der Waals surface area contributed by atoms with E-state index in [-0.39, 0.29) is 17.5 Å². The maximum absolute atomic E-state index is 9.68. The summed E-state index contributed by atoms with van der Waals surface area (Å²) in [6.45, 7) is 3.52. The molecule has 4 nitrogen and oxygen atoms in total. The van der Waals surface area contributed by atoms with Crippen LogP contribution >= 0.6 is 0 Å². The normalized spacial score (nSPS) is 12.6. The smallest absolute Gasteiger partial charge is 0.124 e. The van der Waals surface area contributed by atoms with E-state index in [0.29, 0.717) is 5.56 Å². The van der Waals surface area contributed by atoms with Crippen LogP contribution in [0.3, 0.4) is 0 Å². The van der Waals surface area contributed by atoms with Gasteiger partial charge >= 0.3 is 0 Å². The van der Waals surface area contributed by atoms with Crippen LogP contribution in [0.1, 0.15) is 31.4 Å². The summed E-state index contributed by atoms with van der Waals surface area (Å²) in [5.41, 5.74) is 0.555. The van der Waals surface area contributed by atoms with Crippen LogP contribution in [-0.2, 0) is 4.74 Å². The third-order valence-electron chi connectivity index (χ3n) is 2.72. The molecule has 96 valence electrons. The molecule has 1 aromatic carbocycles. The van der Waals surface area contributed by atoms with Gasteiger partial charge in [-0.3, -0.25) is 0 Å². The van der Waals surface area contributed by atoms with Gasteiger partial charge < -0.3 is 20.3 Å². The van der Waals surface area contributed by atoms with Gasteiger partial charge in [-0.1, -0.05) is 6.07 Å². The first kappa shape index (κ1) is 13.8. The summed E-state index contributed by atoms with van der Waals surface area (Å²) in [4.78, 5) is 0. The van der Waals surface area contributed by atoms with Crippen molar-refractivity contribution < 1.29 is 14.9 Å². The predicted molar refractivity (Wildman–Crippen MR) is 67.3 cm³/mol. The van der Waals surface area contributed by atoms with Crippen LogP contribution < -0.4 is 5.32 Å². The van der Waals surface area contributed by atoms with Crippen LogP contribution in [0.5, 0.6) is 11.5 Å². The molecule has 4 heteroatoms. The largest absolute Gasteiger partial charge is 0.507 e. The number of nitrogens with one attached hydrogen (secondary N) is 1. The summed E-state index contributed by atoms with van der Waals surface area (Å²) in [7, 11) is 1.69. The molecule has 0 bridgehead atoms. The third-order valence-corrected chi connectivity index (χ3v) is 2.72. The predicted octanol–water partition coefficient (Wildman–Crippen LogP) is 2.18. The molecule has 0 fully saturated rings. The summed E-state index contributed by atoms with van der Waals surface area (Å²) in [6, 6.07) is 4.72. The number of methoxy groups -OCH3 is 1. The minimum absolute atomic E-state index is 0.0706. The molecule has 1 unspecified atom stereocenters. The van der Waals surface area contributed by atoms with Gasteiger partial charge in [0.1, 0.15) is 11.5 Å². The first-order valence-corrected chi connectivity index (χ1v) is 5.90. The zero-order valence-corrected chi connectivity index (χ0v) is 10.4. The van der Waals surface area contributed by atoms with Crippen molar-refractivity contribution in [3.05, 3.63) is 23.8 Å². The molecule has 1 aromatic rings. The van der Waals surface area contributed by atoms with Crippen molar-refractivity contribution in [2.24, 2.45) is 0 Å². The van der Waals surface area contributed by atoms with Crippen molar-refractivity contribution in [3.63, 3.8) is 0 Å². The molecule has 17 heavy (non-hydrogen) atoms. The van der Waals surface area contributed by atoms with Crippen LogP contribution in [0.25, 0.3) is 0 Å². The second-order valence-corrected chi connectivity index (χ2v) is 4.09. The second kappa shape index (κ2) is 7.14. The molecule has 0 saturated carbocycles. The van der Waals surface area contributed by atoms with Gasteiger partial charge in [-0.25, -0.2) is 0 Å². The molecule has 3 N–H and O–H groups in total. The van der Waals surface area contributed by atoms with Crippen LogP contribution in [0.4, 0.5) is 0 Å². The minimum atomic E-state index is -0.0706. The lowest BCUT2D eigenvalue weighted by molar-refractivity contribution is 0.192. The summed E-state index contributed by atoms with van der Waals surface area (Å²) in [5, 5.41) is 22.6. The third kappa shape index (κ3) is 4.24. The Kier molecular flexibility index (Phi) is 5.80. The van der Waals surface area contributed by atoms with E-state index in [0.717, 1.165) is 26.0 Å². The highest BCUT2D eigenvalue weighted by Gasteiger charge is 2.13. The molecule has 0 radical (unpaired) electrons. The van der Waals surface area contributed by atoms with E-state index in [2.05, 4.69) is 5.32 Å². The molecule has 0 aliphatic heterocycles. The summed E-state index contributed by atoms with van der Waals surface area (Å²) >= 11 is 0. The van der Waals surface area contributed by atoms with Gasteiger partial charge in [-0.2, -0.15) is 0 Å². The van der Waals surface area contributed by atoms with Gasteiger partial charge in [0, 0.05) is 19.8 Å². The highest BCUT2D eigenvalue weighted by molar-refractivity contribution is 5.44. The maximum atomic E-state index is 9.68. The minimum Gasteiger partial charge on any atom is -0.507 e. The average molecular weight is 239 g/mol. The van der Waals surface area contributed by atoms with Gasteiger partial charge in [0.25, 0.3) is 0 Å². The van der Waals surface area contributed by atoms with Gasteiger partial charge in [0.15, 0.2) is 0 Å². The highest BCUT2D eigenvalue weighted by atomic mass is 16.5. The lowest BCUT2D eigenvalue weighted by atomic mass is 10.1. The molecular weight excluding hydrogens is 218 g/mol. The van der Waals surface area contributed by atoms with Crippen LogP contribution in [0.2, 0.25) is 0 Å². The molecule has 1 rings (SSSR count). The van der Waals surface area contributed by atoms with Crippen LogP contribution in [0, 0.1) is 0 Å². The standard InChI is InChI=1S/C13H21NO3/c1-10(14-8-3-4-9-17-2)13-11(15)6-5-7-12(13)16/h5-7,10,14-16H,3-4,8-9H2,1-2H3. The summed E-state index contributed by atoms with van der Waals surface area (Å²) in [6.07, 6.45) is 2.01. The number of benzene rings is 1. The Morgan fingerprint density at radius 3 is 2.47 bits per heavy atom. The lowest BCUT2D eigenvalue weighted by Crippen LogP contribution is -2.20. The molecule has 0 aliphatic rings. The van der Waals surface area contributed by atoms with Gasteiger partial charge in [0.2, 0.25) is 0 Å². The molecule has 0 aromatic heterocycles. The van der Waals surface area contributed by atoms with Crippen molar-refractivity contribution in [1.82, 2.24) is 5.32 Å². The fraction of sp³-hybridized carbons (Fsp3) is 0.538. The topological polar surface area (TPSA) is 61.7 Å². The quantitative estimate of drug-likeness (QED) is 0.638. The summed E-state index contributed by atoms with van der Waals surface area (Å²) in [5.74, 6) is 0.254. The number of hydrogen-bond acceptors (Lipinski definition) is 4. The number of ether oxygens (including phenoxy) is 1. The highest BCUT2D eigenvalue weighted by Crippen LogP contribution is 2.31. The van der Waals surface area contributed by atoms with Crippen molar-refractivity contribution >= 4 is 0 Å². The molecule has 0 saturated heterocycles. The number of unbranched alkanes of at least 4 members (excludes halogenated alkanes) is 1. The molecule has 0 amide bonds. The fourth-order valence-corrected chi connectivity index (χ4v) is 1.78. The van der Waals surface area contributed by atoms with Crippen molar-refractivity contribution in [2.45, 2.75) is 25.8 Å². The van der Waals surface area contributed by atoms with E-state index < -0.39 is 0 Å². The molecular formula is C13H21NO3. The Bertz CT molecular complexity index is 321. The Morgan fingerprint density at radius 2 is 1.88 bits per heavy atom. The second-order valence-electron chi connectivity index (χ2n) is 4.09. The van der Waals surface area contributed by atoms with Crippen LogP contribution in [-0.4, -0.2) is 30.5 Å². The zero-order chi connectivity index (χ0) is 12.7. The van der Waals surface area contributed by atoms with E-state index >= 15 is 0 Å². The molecule has 0 heterocycles. The number of phenolic OH excluding ortho intramolecular Hbond substituents is 2. The van der Waals surface area contributed by atoms with Crippen molar-refractivity contribution in [1.29, 1.82) is 0 Å². The molecule has 1 atom stereocenters. The average Bonchev–Trinajstić information content (AvgIpc) is 2.28. The van der Waals surface area contributed by atoms with E-state index in [1.807, 2.05) is 6.92 Å². The Balaban J connectivity index is 2.44. The van der Waals surface area contributed by atoms with Gasteiger partial charge in [0.05, 0.1) is 5.56 Å². The van der Waals surface area contributed by atoms with Gasteiger partial charge in [-0.05, 0) is 38.4 Å². The first-order chi connectivity index (χ1) is 8.16. The maximum Gasteiger partial charge on any atom is 0.124 e. The Hall–Kier alpha value is -1.26. The van der Waals surface area contributed by atoms with E-state index in [9.17, 15) is 10.2 Å². The Labute approximate surface area is 102 Å². The monoisotopic (exact) mass is 239 g/mol. The number of phenols is 2. The van der Waals surface area contributed by atoms with E-state index in [1.165, 1.54) is 0 Å². The first-order valence-electron chi connectivity index (χ1n) is 5.90. The van der Waals surface area contributed by atoms with E-state index in [4.69, 9.17) is 4.74 Å². The Morgan fingerprint density at radius 1 is 1.24 bits per heavy atom. The lowest BCUT2D eigenvalue weighted by Gasteiger charge is -2.16. The number of aromatic hydroxyl groups is 2.